The quantitative estimate of drug-likeness (QED) is 0.484. The normalized spacial score (nSPS) is 13.8. The number of nitrogens with zero attached hydrogens (tertiary/aromatic N) is 2. The van der Waals surface area contributed by atoms with Crippen LogP contribution in [0.5, 0.6) is 0 Å². The Morgan fingerprint density at radius 3 is 2.56 bits per heavy atom. The summed E-state index contributed by atoms with van der Waals surface area (Å²) in [5, 5.41) is 13.9. The summed E-state index contributed by atoms with van der Waals surface area (Å²) in [5.41, 5.74) is 4.88. The van der Waals surface area contributed by atoms with Crippen LogP contribution in [-0.2, 0) is 0 Å². The fourth-order valence-corrected chi connectivity index (χ4v) is 1.81. The molecule has 1 aromatic heterocycles. The molecule has 16 heavy (non-hydrogen) atoms. The predicted octanol–water partition coefficient (Wildman–Crippen LogP) is 1.58. The van der Waals surface area contributed by atoms with E-state index in [0.29, 0.717) is 0 Å². The van der Waals surface area contributed by atoms with Crippen LogP contribution in [0.2, 0.25) is 0 Å². The van der Waals surface area contributed by atoms with Gasteiger partial charge in [0, 0.05) is 12.7 Å². The Labute approximate surface area is 93.1 Å². The van der Waals surface area contributed by atoms with Crippen LogP contribution in [0.3, 0.4) is 0 Å². The average molecular weight is 254 g/mol. The van der Waals surface area contributed by atoms with E-state index in [2.05, 4.69) is 10.2 Å². The van der Waals surface area contributed by atoms with Gasteiger partial charge in [-0.25, -0.2) is 0 Å². The summed E-state index contributed by atoms with van der Waals surface area (Å²) in [5.74, 6) is -3.09. The smallest absolute Gasteiger partial charge is 0.399 e. The standard InChI is InChI=1S/C7H9F3N4OS/c1-3-13-14-6(15-3)16-2-4(5(11)12)7(8,9)10/h4H,2H2,1H3,(H3,11,12). The van der Waals surface area contributed by atoms with Gasteiger partial charge >= 0.3 is 6.18 Å². The average Bonchev–Trinajstić information content (AvgIpc) is 2.48. The molecular weight excluding hydrogens is 245 g/mol. The summed E-state index contributed by atoms with van der Waals surface area (Å²) >= 11 is 0.723. The lowest BCUT2D eigenvalue weighted by Gasteiger charge is -2.17. The number of thioether (sulfide) groups is 1. The minimum atomic E-state index is -4.53. The van der Waals surface area contributed by atoms with Gasteiger partial charge in [0.1, 0.15) is 11.8 Å². The van der Waals surface area contributed by atoms with Gasteiger partial charge < -0.3 is 10.2 Å². The Balaban J connectivity index is 2.61. The highest BCUT2D eigenvalue weighted by Gasteiger charge is 2.42. The van der Waals surface area contributed by atoms with Crippen molar-refractivity contribution in [1.29, 1.82) is 5.41 Å². The van der Waals surface area contributed by atoms with Crippen molar-refractivity contribution in [3.8, 4) is 0 Å². The molecule has 0 aliphatic heterocycles. The summed E-state index contributed by atoms with van der Waals surface area (Å²) in [7, 11) is 0. The van der Waals surface area contributed by atoms with Gasteiger partial charge in [0.25, 0.3) is 5.22 Å². The first-order valence-corrected chi connectivity index (χ1v) is 5.13. The molecule has 1 heterocycles. The monoisotopic (exact) mass is 254 g/mol. The molecule has 9 heteroatoms. The van der Waals surface area contributed by atoms with E-state index in [1.165, 1.54) is 6.92 Å². The largest absolute Gasteiger partial charge is 0.416 e. The molecule has 0 spiro atoms. The summed E-state index contributed by atoms with van der Waals surface area (Å²) < 4.78 is 42.0. The Morgan fingerprint density at radius 1 is 1.56 bits per heavy atom. The Hall–Kier alpha value is -1.25. The number of aryl methyl sites for hydroxylation is 1. The van der Waals surface area contributed by atoms with Gasteiger partial charge in [-0.05, 0) is 0 Å². The second-order valence-corrected chi connectivity index (χ2v) is 3.92. The van der Waals surface area contributed by atoms with Gasteiger partial charge in [-0.3, -0.25) is 5.41 Å². The number of hydrogen-bond donors (Lipinski definition) is 2. The number of hydrogen-bond acceptors (Lipinski definition) is 5. The van der Waals surface area contributed by atoms with E-state index < -0.39 is 23.7 Å². The van der Waals surface area contributed by atoms with Crippen LogP contribution in [0.15, 0.2) is 9.64 Å². The Kier molecular flexibility index (Phi) is 3.79. The van der Waals surface area contributed by atoms with Crippen molar-refractivity contribution in [2.75, 3.05) is 5.75 Å². The first kappa shape index (κ1) is 12.8. The maximum absolute atomic E-state index is 12.4. The van der Waals surface area contributed by atoms with Crippen molar-refractivity contribution < 1.29 is 17.6 Å². The van der Waals surface area contributed by atoms with Crippen LogP contribution < -0.4 is 5.73 Å². The summed E-state index contributed by atoms with van der Waals surface area (Å²) in [6.07, 6.45) is -4.53. The highest BCUT2D eigenvalue weighted by atomic mass is 32.2. The maximum atomic E-state index is 12.4. The van der Waals surface area contributed by atoms with Crippen molar-refractivity contribution in [2.24, 2.45) is 11.7 Å². The van der Waals surface area contributed by atoms with Gasteiger partial charge in [-0.1, -0.05) is 11.8 Å². The summed E-state index contributed by atoms with van der Waals surface area (Å²) in [4.78, 5) is 0. The van der Waals surface area contributed by atoms with E-state index in [9.17, 15) is 13.2 Å². The Morgan fingerprint density at radius 2 is 2.19 bits per heavy atom. The number of rotatable bonds is 4. The SMILES string of the molecule is Cc1nnc(SCC(C(=N)N)C(F)(F)F)o1. The highest BCUT2D eigenvalue weighted by Crippen LogP contribution is 2.31. The van der Waals surface area contributed by atoms with Crippen LogP contribution in [0, 0.1) is 18.3 Å². The first-order valence-electron chi connectivity index (χ1n) is 4.14. The molecule has 1 unspecified atom stereocenters. The van der Waals surface area contributed by atoms with E-state index in [1.807, 2.05) is 0 Å². The minimum Gasteiger partial charge on any atom is -0.416 e. The third kappa shape index (κ3) is 3.40. The number of amidine groups is 1. The fourth-order valence-electron chi connectivity index (χ4n) is 0.852. The number of halogens is 3. The van der Waals surface area contributed by atoms with Crippen molar-refractivity contribution >= 4 is 17.6 Å². The lowest BCUT2D eigenvalue weighted by molar-refractivity contribution is -0.150. The van der Waals surface area contributed by atoms with E-state index in [4.69, 9.17) is 15.6 Å². The van der Waals surface area contributed by atoms with E-state index in [1.54, 1.807) is 0 Å². The fraction of sp³-hybridized carbons (Fsp3) is 0.571. The second kappa shape index (κ2) is 4.73. The van der Waals surface area contributed by atoms with Crippen LogP contribution >= 0.6 is 11.8 Å². The van der Waals surface area contributed by atoms with E-state index >= 15 is 0 Å². The molecule has 1 aromatic rings. The molecule has 90 valence electrons. The number of alkyl halides is 3. The van der Waals surface area contributed by atoms with Gasteiger partial charge in [-0.2, -0.15) is 13.2 Å². The molecule has 0 amide bonds. The Bertz CT molecular complexity index is 378. The summed E-state index contributed by atoms with van der Waals surface area (Å²) in [6, 6.07) is 0. The van der Waals surface area contributed by atoms with E-state index in [-0.39, 0.29) is 11.1 Å². The van der Waals surface area contributed by atoms with Crippen molar-refractivity contribution in [3.63, 3.8) is 0 Å². The molecule has 0 saturated carbocycles. The third-order valence-electron chi connectivity index (χ3n) is 1.65. The molecule has 0 aromatic carbocycles. The lowest BCUT2D eigenvalue weighted by atomic mass is 10.1. The van der Waals surface area contributed by atoms with Gasteiger partial charge in [0.05, 0.1) is 0 Å². The minimum absolute atomic E-state index is 0.0352. The molecule has 5 nitrogen and oxygen atoms in total. The number of nitrogens with one attached hydrogen (secondary N) is 1. The van der Waals surface area contributed by atoms with E-state index in [0.717, 1.165) is 11.8 Å². The molecule has 3 N–H and O–H groups in total. The number of nitrogens with two attached hydrogens (primary N) is 1. The van der Waals surface area contributed by atoms with Crippen LogP contribution in [0.25, 0.3) is 0 Å². The zero-order valence-electron chi connectivity index (χ0n) is 8.21. The maximum Gasteiger partial charge on any atom is 0.399 e. The van der Waals surface area contributed by atoms with Gasteiger partial charge in [-0.15, -0.1) is 10.2 Å². The van der Waals surface area contributed by atoms with Crippen LogP contribution in [0.4, 0.5) is 13.2 Å². The van der Waals surface area contributed by atoms with Crippen molar-refractivity contribution in [3.05, 3.63) is 5.89 Å². The summed E-state index contributed by atoms with van der Waals surface area (Å²) in [6.45, 7) is 1.53. The van der Waals surface area contributed by atoms with Gasteiger partial charge in [0.15, 0.2) is 0 Å². The number of aromatic nitrogens is 2. The molecule has 0 fully saturated rings. The first-order chi connectivity index (χ1) is 7.30. The van der Waals surface area contributed by atoms with Crippen molar-refractivity contribution in [1.82, 2.24) is 10.2 Å². The molecule has 1 atom stereocenters. The second-order valence-electron chi connectivity index (χ2n) is 2.95. The van der Waals surface area contributed by atoms with Crippen LogP contribution in [-0.4, -0.2) is 28.0 Å². The molecule has 0 aliphatic carbocycles. The molecular formula is C7H9F3N4OS. The zero-order chi connectivity index (χ0) is 12.3. The zero-order valence-corrected chi connectivity index (χ0v) is 9.02. The molecule has 1 rings (SSSR count). The predicted molar refractivity (Wildman–Crippen MR) is 51.2 cm³/mol. The third-order valence-corrected chi connectivity index (χ3v) is 2.56. The highest BCUT2D eigenvalue weighted by molar-refractivity contribution is 7.99. The van der Waals surface area contributed by atoms with Crippen molar-refractivity contribution in [2.45, 2.75) is 18.3 Å². The van der Waals surface area contributed by atoms with Gasteiger partial charge in [0.2, 0.25) is 5.89 Å². The van der Waals surface area contributed by atoms with Crippen LogP contribution in [0.1, 0.15) is 5.89 Å². The molecule has 0 radical (unpaired) electrons. The molecule has 0 aliphatic rings. The topological polar surface area (TPSA) is 88.8 Å². The molecule has 0 saturated heterocycles. The molecule has 0 bridgehead atoms. The lowest BCUT2D eigenvalue weighted by Crippen LogP contribution is -2.36.